The number of guanidine groups is 1. The summed E-state index contributed by atoms with van der Waals surface area (Å²) in [5.41, 5.74) is 6.76. The van der Waals surface area contributed by atoms with E-state index in [-0.39, 0.29) is 23.5 Å². The van der Waals surface area contributed by atoms with Gasteiger partial charge in [0.15, 0.2) is 5.96 Å². The highest BCUT2D eigenvalue weighted by molar-refractivity contribution is 6.01. The Morgan fingerprint density at radius 1 is 1.28 bits per heavy atom. The Morgan fingerprint density at radius 2 is 2.00 bits per heavy atom. The number of hydrogen-bond donors (Lipinski definition) is 3. The summed E-state index contributed by atoms with van der Waals surface area (Å²) in [6, 6.07) is 9.84. The Hall–Kier alpha value is -3.42. The molecule has 2 aliphatic rings. The maximum absolute atomic E-state index is 15.1. The normalized spacial score (nSPS) is 24.2. The molecule has 4 rings (SSSR count). The van der Waals surface area contributed by atoms with Gasteiger partial charge in [0.2, 0.25) is 5.91 Å². The van der Waals surface area contributed by atoms with Crippen LogP contribution in [0.4, 0.5) is 10.1 Å². The monoisotopic (exact) mass is 438 g/mol. The first-order valence-electron chi connectivity index (χ1n) is 10.5. The van der Waals surface area contributed by atoms with Crippen LogP contribution in [-0.2, 0) is 16.8 Å². The summed E-state index contributed by atoms with van der Waals surface area (Å²) < 4.78 is 15.1. The molecule has 7 nitrogen and oxygen atoms in total. The van der Waals surface area contributed by atoms with Crippen molar-refractivity contribution in [3.8, 4) is 0 Å². The van der Waals surface area contributed by atoms with Crippen LogP contribution >= 0.6 is 0 Å². The Morgan fingerprint density at radius 3 is 2.69 bits per heavy atom. The van der Waals surface area contributed by atoms with Gasteiger partial charge < -0.3 is 16.2 Å². The van der Waals surface area contributed by atoms with Crippen LogP contribution in [0.5, 0.6) is 0 Å². The zero-order valence-corrected chi connectivity index (χ0v) is 18.6. The molecule has 0 saturated heterocycles. The number of carboxylic acids is 1. The van der Waals surface area contributed by atoms with E-state index in [0.29, 0.717) is 17.7 Å². The van der Waals surface area contributed by atoms with E-state index in [2.05, 4.69) is 10.3 Å². The van der Waals surface area contributed by atoms with E-state index in [9.17, 15) is 14.7 Å². The minimum Gasteiger partial charge on any atom is -0.478 e. The number of aliphatic imine (C=N–C) groups is 1. The molecule has 1 heterocycles. The van der Waals surface area contributed by atoms with Crippen molar-refractivity contribution in [3.63, 3.8) is 0 Å². The molecular weight excluding hydrogens is 411 g/mol. The van der Waals surface area contributed by atoms with E-state index in [1.54, 1.807) is 52.1 Å². The van der Waals surface area contributed by atoms with E-state index < -0.39 is 22.7 Å². The SMILES string of the molecule is CN1C(=O)C(C)(C)[C@@](C)(c2cc(NC3CCc4c(C(=O)O)cccc43)ccc2F)N=C1N. The molecule has 1 amide bonds. The fraction of sp³-hybridized carbons (Fsp3) is 0.375. The van der Waals surface area contributed by atoms with Gasteiger partial charge >= 0.3 is 5.97 Å². The number of aromatic carboxylic acids is 1. The summed E-state index contributed by atoms with van der Waals surface area (Å²) in [7, 11) is 1.56. The third kappa shape index (κ3) is 3.13. The summed E-state index contributed by atoms with van der Waals surface area (Å²) in [6.07, 6.45) is 1.37. The minimum absolute atomic E-state index is 0.0421. The third-order valence-electron chi connectivity index (χ3n) is 7.07. The van der Waals surface area contributed by atoms with Gasteiger partial charge in [0.1, 0.15) is 11.4 Å². The molecule has 1 aliphatic heterocycles. The number of fused-ring (bicyclic) bond motifs is 1. The van der Waals surface area contributed by atoms with Gasteiger partial charge in [-0.15, -0.1) is 0 Å². The summed E-state index contributed by atoms with van der Waals surface area (Å²) >= 11 is 0. The van der Waals surface area contributed by atoms with Crippen molar-refractivity contribution in [1.82, 2.24) is 4.90 Å². The number of nitrogens with two attached hydrogens (primary N) is 1. The summed E-state index contributed by atoms with van der Waals surface area (Å²) in [4.78, 5) is 30.3. The fourth-order valence-corrected chi connectivity index (χ4v) is 4.77. The van der Waals surface area contributed by atoms with Crippen molar-refractivity contribution in [2.75, 3.05) is 12.4 Å². The number of nitrogens with one attached hydrogen (secondary N) is 1. The van der Waals surface area contributed by atoms with Crippen molar-refractivity contribution < 1.29 is 19.1 Å². The Kier molecular flexibility index (Phi) is 4.99. The average Bonchev–Trinajstić information content (AvgIpc) is 3.15. The van der Waals surface area contributed by atoms with E-state index >= 15 is 4.39 Å². The molecule has 0 fully saturated rings. The highest BCUT2D eigenvalue weighted by Crippen LogP contribution is 2.48. The summed E-state index contributed by atoms with van der Waals surface area (Å²) in [5, 5.41) is 12.9. The Bertz CT molecular complexity index is 1160. The molecule has 1 unspecified atom stereocenters. The third-order valence-corrected chi connectivity index (χ3v) is 7.07. The predicted molar refractivity (Wildman–Crippen MR) is 120 cm³/mol. The number of benzene rings is 2. The molecule has 4 N–H and O–H groups in total. The van der Waals surface area contributed by atoms with Crippen LogP contribution in [0.1, 0.15) is 60.3 Å². The van der Waals surface area contributed by atoms with Gasteiger partial charge in [0.25, 0.3) is 0 Å². The number of nitrogens with zero attached hydrogens (tertiary/aromatic N) is 2. The standard InChI is InChI=1S/C24H27FN4O3/c1-23(2)21(32)29(4)22(26)28-24(23,3)17-12-13(8-10-18(17)25)27-19-11-9-14-15(19)6-5-7-16(14)20(30)31/h5-8,10,12,19,27H,9,11H2,1-4H3,(H2,26,28)(H,30,31)/t19?,24-/m1/s1. The number of halogens is 1. The number of carboxylic acid groups (broad SMARTS) is 1. The maximum atomic E-state index is 15.1. The molecule has 32 heavy (non-hydrogen) atoms. The molecule has 0 spiro atoms. The molecule has 2 aromatic carbocycles. The molecule has 168 valence electrons. The zero-order chi connectivity index (χ0) is 23.4. The fourth-order valence-electron chi connectivity index (χ4n) is 4.77. The second-order valence-electron chi connectivity index (χ2n) is 9.14. The molecule has 2 atom stereocenters. The number of hydrogen-bond acceptors (Lipinski definition) is 5. The number of amides is 1. The first-order valence-corrected chi connectivity index (χ1v) is 10.5. The zero-order valence-electron chi connectivity index (χ0n) is 18.6. The number of anilines is 1. The first kappa shape index (κ1) is 21.8. The van der Waals surface area contributed by atoms with Crippen molar-refractivity contribution in [2.24, 2.45) is 16.1 Å². The van der Waals surface area contributed by atoms with Crippen molar-refractivity contribution in [3.05, 3.63) is 64.5 Å². The highest BCUT2D eigenvalue weighted by atomic mass is 19.1. The number of carbonyl (C=O) groups excluding carboxylic acids is 1. The molecule has 1 aliphatic carbocycles. The largest absolute Gasteiger partial charge is 0.478 e. The van der Waals surface area contributed by atoms with Gasteiger partial charge in [0, 0.05) is 18.3 Å². The second-order valence-corrected chi connectivity index (χ2v) is 9.14. The Labute approximate surface area is 186 Å². The van der Waals surface area contributed by atoms with E-state index in [1.165, 1.54) is 11.0 Å². The van der Waals surface area contributed by atoms with Crippen LogP contribution < -0.4 is 11.1 Å². The predicted octanol–water partition coefficient (Wildman–Crippen LogP) is 3.65. The van der Waals surface area contributed by atoms with Crippen molar-refractivity contribution in [2.45, 2.75) is 45.2 Å². The summed E-state index contributed by atoms with van der Waals surface area (Å²) in [5.74, 6) is -1.61. The van der Waals surface area contributed by atoms with Crippen molar-refractivity contribution >= 4 is 23.5 Å². The van der Waals surface area contributed by atoms with Gasteiger partial charge in [0.05, 0.1) is 17.0 Å². The first-order chi connectivity index (χ1) is 15.0. The van der Waals surface area contributed by atoms with E-state index in [1.807, 2.05) is 6.07 Å². The van der Waals surface area contributed by atoms with Crippen LogP contribution in [0, 0.1) is 11.2 Å². The van der Waals surface area contributed by atoms with E-state index in [4.69, 9.17) is 5.73 Å². The lowest BCUT2D eigenvalue weighted by Crippen LogP contribution is -2.58. The lowest BCUT2D eigenvalue weighted by molar-refractivity contribution is -0.140. The molecule has 2 aromatic rings. The number of rotatable bonds is 4. The van der Waals surface area contributed by atoms with Crippen LogP contribution in [0.3, 0.4) is 0 Å². The molecule has 0 saturated carbocycles. The summed E-state index contributed by atoms with van der Waals surface area (Å²) in [6.45, 7) is 5.20. The van der Waals surface area contributed by atoms with Gasteiger partial charge in [-0.1, -0.05) is 12.1 Å². The molecular formula is C24H27FN4O3. The lowest BCUT2D eigenvalue weighted by Gasteiger charge is -2.46. The average molecular weight is 439 g/mol. The molecule has 0 aromatic heterocycles. The van der Waals surface area contributed by atoms with Crippen LogP contribution in [0.15, 0.2) is 41.4 Å². The highest BCUT2D eigenvalue weighted by Gasteiger charge is 2.53. The molecule has 8 heteroatoms. The molecule has 0 bridgehead atoms. The van der Waals surface area contributed by atoms with Crippen LogP contribution in [-0.4, -0.2) is 34.9 Å². The minimum atomic E-state index is -1.20. The lowest BCUT2D eigenvalue weighted by atomic mass is 9.67. The van der Waals surface area contributed by atoms with Gasteiger partial charge in [-0.05, 0) is 69.0 Å². The van der Waals surface area contributed by atoms with Gasteiger partial charge in [-0.3, -0.25) is 9.69 Å². The van der Waals surface area contributed by atoms with Crippen molar-refractivity contribution in [1.29, 1.82) is 0 Å². The molecule has 0 radical (unpaired) electrons. The van der Waals surface area contributed by atoms with Crippen LogP contribution in [0.25, 0.3) is 0 Å². The smallest absolute Gasteiger partial charge is 0.335 e. The quantitative estimate of drug-likeness (QED) is 0.675. The number of carbonyl (C=O) groups is 2. The second kappa shape index (κ2) is 7.32. The van der Waals surface area contributed by atoms with Gasteiger partial charge in [-0.25, -0.2) is 14.2 Å². The van der Waals surface area contributed by atoms with E-state index in [0.717, 1.165) is 17.5 Å². The topological polar surface area (TPSA) is 108 Å². The maximum Gasteiger partial charge on any atom is 0.335 e. The van der Waals surface area contributed by atoms with Crippen LogP contribution in [0.2, 0.25) is 0 Å². The Balaban J connectivity index is 1.73. The van der Waals surface area contributed by atoms with Gasteiger partial charge in [-0.2, -0.15) is 0 Å².